The summed E-state index contributed by atoms with van der Waals surface area (Å²) in [7, 11) is 0. The maximum Gasteiger partial charge on any atom is 0.0931 e. The van der Waals surface area contributed by atoms with Gasteiger partial charge in [-0.15, -0.1) is 11.3 Å². The highest BCUT2D eigenvalue weighted by Gasteiger charge is 2.21. The first-order valence-corrected chi connectivity index (χ1v) is 6.46. The fourth-order valence-corrected chi connectivity index (χ4v) is 2.34. The Morgan fingerprint density at radius 2 is 2.06 bits per heavy atom. The van der Waals surface area contributed by atoms with E-state index in [1.165, 1.54) is 4.88 Å². The van der Waals surface area contributed by atoms with E-state index in [4.69, 9.17) is 21.8 Å². The Hall–Kier alpha value is -0.130. The average Bonchev–Trinajstić information content (AvgIpc) is 2.70. The van der Waals surface area contributed by atoms with Gasteiger partial charge >= 0.3 is 0 Å². The van der Waals surface area contributed by atoms with Gasteiger partial charge in [0.15, 0.2) is 0 Å². The Kier molecular flexibility index (Phi) is 5.72. The molecule has 0 saturated carbocycles. The molecule has 92 valence electrons. The predicted octanol–water partition coefficient (Wildman–Crippen LogP) is 1.52. The molecule has 3 N–H and O–H groups in total. The minimum Gasteiger partial charge on any atom is -0.396 e. The zero-order valence-electron chi connectivity index (χ0n) is 9.37. The van der Waals surface area contributed by atoms with Crippen LogP contribution in [-0.4, -0.2) is 36.5 Å². The third-order valence-electron chi connectivity index (χ3n) is 2.49. The van der Waals surface area contributed by atoms with Crippen LogP contribution in [0, 0.1) is 5.41 Å². The summed E-state index contributed by atoms with van der Waals surface area (Å²) in [5, 5.41) is 21.4. The number of thiophene rings is 1. The normalized spacial score (nSPS) is 12.0. The molecule has 0 bridgehead atoms. The van der Waals surface area contributed by atoms with Gasteiger partial charge in [-0.1, -0.05) is 18.5 Å². The van der Waals surface area contributed by atoms with Gasteiger partial charge in [-0.3, -0.25) is 0 Å². The molecule has 5 heteroatoms. The second kappa shape index (κ2) is 6.57. The van der Waals surface area contributed by atoms with Gasteiger partial charge in [-0.05, 0) is 25.1 Å². The van der Waals surface area contributed by atoms with Crippen molar-refractivity contribution in [1.29, 1.82) is 0 Å². The standard InChI is InChI=1S/C11H18ClNO2S/c1-11(7-14,8-15)6-13-5-4-9-2-3-10(12)16-9/h2-3,13-15H,4-8H2,1H3. The van der Waals surface area contributed by atoms with Crippen molar-refractivity contribution in [3.8, 4) is 0 Å². The van der Waals surface area contributed by atoms with Crippen LogP contribution < -0.4 is 5.32 Å². The molecule has 1 heterocycles. The summed E-state index contributed by atoms with van der Waals surface area (Å²) in [6.07, 6.45) is 0.921. The van der Waals surface area contributed by atoms with E-state index in [2.05, 4.69) is 5.32 Å². The zero-order valence-corrected chi connectivity index (χ0v) is 10.9. The molecule has 0 fully saturated rings. The summed E-state index contributed by atoms with van der Waals surface area (Å²) in [5.41, 5.74) is -0.437. The molecule has 0 atom stereocenters. The lowest BCUT2D eigenvalue weighted by Crippen LogP contribution is -2.38. The topological polar surface area (TPSA) is 52.5 Å². The molecule has 1 aromatic heterocycles. The van der Waals surface area contributed by atoms with Crippen LogP contribution in [0.3, 0.4) is 0 Å². The lowest BCUT2D eigenvalue weighted by atomic mass is 9.93. The van der Waals surface area contributed by atoms with Gasteiger partial charge in [-0.25, -0.2) is 0 Å². The van der Waals surface area contributed by atoms with Gasteiger partial charge in [-0.2, -0.15) is 0 Å². The molecule has 0 saturated heterocycles. The SMILES string of the molecule is CC(CO)(CO)CNCCc1ccc(Cl)s1. The van der Waals surface area contributed by atoms with Crippen LogP contribution >= 0.6 is 22.9 Å². The number of aliphatic hydroxyl groups is 2. The Bertz CT molecular complexity index is 313. The number of halogens is 1. The molecule has 0 radical (unpaired) electrons. The van der Waals surface area contributed by atoms with Gasteiger partial charge in [0, 0.05) is 16.8 Å². The summed E-state index contributed by atoms with van der Waals surface area (Å²) < 4.78 is 0.811. The van der Waals surface area contributed by atoms with Crippen LogP contribution in [0.25, 0.3) is 0 Å². The molecule has 0 unspecified atom stereocenters. The van der Waals surface area contributed by atoms with E-state index in [0.717, 1.165) is 17.3 Å². The summed E-state index contributed by atoms with van der Waals surface area (Å²) >= 11 is 7.41. The first-order valence-electron chi connectivity index (χ1n) is 5.26. The second-order valence-corrected chi connectivity index (χ2v) is 6.06. The smallest absolute Gasteiger partial charge is 0.0931 e. The lowest BCUT2D eigenvalue weighted by Gasteiger charge is -2.24. The van der Waals surface area contributed by atoms with E-state index in [1.54, 1.807) is 11.3 Å². The molecule has 0 amide bonds. The van der Waals surface area contributed by atoms with Crippen LogP contribution in [0.2, 0.25) is 4.34 Å². The number of rotatable bonds is 7. The first kappa shape index (κ1) is 13.9. The Balaban J connectivity index is 2.21. The van der Waals surface area contributed by atoms with Crippen LogP contribution in [0.1, 0.15) is 11.8 Å². The fraction of sp³-hybridized carbons (Fsp3) is 0.636. The number of nitrogens with one attached hydrogen (secondary N) is 1. The van der Waals surface area contributed by atoms with Gasteiger partial charge < -0.3 is 15.5 Å². The van der Waals surface area contributed by atoms with Crippen molar-refractivity contribution in [3.63, 3.8) is 0 Å². The zero-order chi connectivity index (χ0) is 12.0. The molecular formula is C11H18ClNO2S. The Morgan fingerprint density at radius 3 is 2.56 bits per heavy atom. The third kappa shape index (κ3) is 4.39. The average molecular weight is 264 g/mol. The van der Waals surface area contributed by atoms with Crippen LogP contribution in [0.15, 0.2) is 12.1 Å². The van der Waals surface area contributed by atoms with Crippen molar-refractivity contribution in [2.24, 2.45) is 5.41 Å². The highest BCUT2D eigenvalue weighted by Crippen LogP contribution is 2.21. The van der Waals surface area contributed by atoms with Crippen molar-refractivity contribution in [2.45, 2.75) is 13.3 Å². The maximum absolute atomic E-state index is 9.09. The van der Waals surface area contributed by atoms with Gasteiger partial charge in [0.05, 0.1) is 17.6 Å². The lowest BCUT2D eigenvalue weighted by molar-refractivity contribution is 0.0700. The maximum atomic E-state index is 9.09. The minimum atomic E-state index is -0.437. The van der Waals surface area contributed by atoms with Gasteiger partial charge in [0.1, 0.15) is 0 Å². The number of hydrogen-bond acceptors (Lipinski definition) is 4. The minimum absolute atomic E-state index is 0.0126. The van der Waals surface area contributed by atoms with Crippen molar-refractivity contribution < 1.29 is 10.2 Å². The van der Waals surface area contributed by atoms with E-state index < -0.39 is 5.41 Å². The Labute approximate surface area is 105 Å². The third-order valence-corrected chi connectivity index (χ3v) is 3.78. The van der Waals surface area contributed by atoms with Crippen LogP contribution in [-0.2, 0) is 6.42 Å². The second-order valence-electron chi connectivity index (χ2n) is 4.26. The summed E-state index contributed by atoms with van der Waals surface area (Å²) in [5.74, 6) is 0. The molecule has 3 nitrogen and oxygen atoms in total. The summed E-state index contributed by atoms with van der Waals surface area (Å²) in [6.45, 7) is 3.26. The fourth-order valence-electron chi connectivity index (χ4n) is 1.25. The molecule has 1 rings (SSSR count). The van der Waals surface area contributed by atoms with Gasteiger partial charge in [0.25, 0.3) is 0 Å². The molecule has 1 aromatic rings. The van der Waals surface area contributed by atoms with E-state index >= 15 is 0 Å². The predicted molar refractivity (Wildman–Crippen MR) is 68.2 cm³/mol. The Morgan fingerprint density at radius 1 is 1.38 bits per heavy atom. The van der Waals surface area contributed by atoms with Crippen molar-refractivity contribution >= 4 is 22.9 Å². The van der Waals surface area contributed by atoms with E-state index in [-0.39, 0.29) is 13.2 Å². The van der Waals surface area contributed by atoms with E-state index in [0.29, 0.717) is 6.54 Å². The molecule has 16 heavy (non-hydrogen) atoms. The molecular weight excluding hydrogens is 246 g/mol. The summed E-state index contributed by atoms with van der Waals surface area (Å²) in [4.78, 5) is 1.24. The molecule has 0 aliphatic rings. The first-order chi connectivity index (χ1) is 7.59. The quantitative estimate of drug-likeness (QED) is 0.654. The van der Waals surface area contributed by atoms with Crippen LogP contribution in [0.4, 0.5) is 0 Å². The monoisotopic (exact) mass is 263 g/mol. The highest BCUT2D eigenvalue weighted by molar-refractivity contribution is 7.16. The molecule has 0 aliphatic heterocycles. The largest absolute Gasteiger partial charge is 0.396 e. The molecule has 0 aromatic carbocycles. The summed E-state index contributed by atoms with van der Waals surface area (Å²) in [6, 6.07) is 3.92. The molecule has 0 aliphatic carbocycles. The van der Waals surface area contributed by atoms with E-state index in [9.17, 15) is 0 Å². The number of aliphatic hydroxyl groups excluding tert-OH is 2. The highest BCUT2D eigenvalue weighted by atomic mass is 35.5. The van der Waals surface area contributed by atoms with E-state index in [1.807, 2.05) is 19.1 Å². The molecule has 0 spiro atoms. The number of hydrogen-bond donors (Lipinski definition) is 3. The van der Waals surface area contributed by atoms with Gasteiger partial charge in [0.2, 0.25) is 0 Å². The van der Waals surface area contributed by atoms with Crippen molar-refractivity contribution in [2.75, 3.05) is 26.3 Å². The van der Waals surface area contributed by atoms with Crippen molar-refractivity contribution in [3.05, 3.63) is 21.3 Å². The van der Waals surface area contributed by atoms with Crippen molar-refractivity contribution in [1.82, 2.24) is 5.32 Å². The van der Waals surface area contributed by atoms with Crippen LogP contribution in [0.5, 0.6) is 0 Å².